The third-order valence-corrected chi connectivity index (χ3v) is 3.65. The number of nitrogens with zero attached hydrogens (tertiary/aromatic N) is 2. The molecule has 5 heteroatoms. The average Bonchev–Trinajstić information content (AvgIpc) is 2.56. The number of anilines is 1. The van der Waals surface area contributed by atoms with Crippen LogP contribution in [0.3, 0.4) is 0 Å². The van der Waals surface area contributed by atoms with E-state index in [4.69, 9.17) is 5.26 Å². The van der Waals surface area contributed by atoms with Crippen LogP contribution in [0.2, 0.25) is 0 Å². The number of nitriles is 1. The number of carbonyl (C=O) groups is 1. The predicted molar refractivity (Wildman–Crippen MR) is 87.1 cm³/mol. The van der Waals surface area contributed by atoms with Crippen LogP contribution in [0.15, 0.2) is 48.5 Å². The zero-order valence-electron chi connectivity index (χ0n) is 13.1. The van der Waals surface area contributed by atoms with Crippen LogP contribution in [-0.2, 0) is 11.3 Å². The summed E-state index contributed by atoms with van der Waals surface area (Å²) in [6, 6.07) is 14.7. The van der Waals surface area contributed by atoms with Crippen LogP contribution in [0.25, 0.3) is 0 Å². The van der Waals surface area contributed by atoms with E-state index < -0.39 is 0 Å². The van der Waals surface area contributed by atoms with Gasteiger partial charge in [0, 0.05) is 12.2 Å². The Morgan fingerprint density at radius 3 is 2.65 bits per heavy atom. The summed E-state index contributed by atoms with van der Waals surface area (Å²) in [5, 5.41) is 11.7. The quantitative estimate of drug-likeness (QED) is 0.923. The number of benzene rings is 2. The van der Waals surface area contributed by atoms with E-state index in [1.165, 1.54) is 12.1 Å². The predicted octanol–water partition coefficient (Wildman–Crippen LogP) is 3.16. The fourth-order valence-corrected chi connectivity index (χ4v) is 2.13. The Balaban J connectivity index is 1.98. The first-order valence-electron chi connectivity index (χ1n) is 7.25. The van der Waals surface area contributed by atoms with E-state index in [2.05, 4.69) is 5.32 Å². The fourth-order valence-electron chi connectivity index (χ4n) is 2.13. The number of hydrogen-bond acceptors (Lipinski definition) is 3. The molecular weight excluding hydrogens is 293 g/mol. The standard InChI is InChI=1S/C18H18FN3O/c1-13(22(2)12-14-6-8-16(19)9-7-14)18(23)21-17-5-3-4-15(10-17)11-20/h3-10,13H,12H2,1-2H3,(H,21,23)/t13-/m0/s1. The Morgan fingerprint density at radius 1 is 1.30 bits per heavy atom. The van der Waals surface area contributed by atoms with Gasteiger partial charge in [0.1, 0.15) is 5.82 Å². The first kappa shape index (κ1) is 16.7. The normalized spacial score (nSPS) is 11.8. The summed E-state index contributed by atoms with van der Waals surface area (Å²) in [5.74, 6) is -0.440. The topological polar surface area (TPSA) is 56.1 Å². The van der Waals surface area contributed by atoms with E-state index >= 15 is 0 Å². The van der Waals surface area contributed by atoms with Crippen molar-refractivity contribution in [3.63, 3.8) is 0 Å². The van der Waals surface area contributed by atoms with Gasteiger partial charge in [-0.1, -0.05) is 18.2 Å². The highest BCUT2D eigenvalue weighted by Gasteiger charge is 2.18. The van der Waals surface area contributed by atoms with Gasteiger partial charge >= 0.3 is 0 Å². The highest BCUT2D eigenvalue weighted by molar-refractivity contribution is 5.94. The van der Waals surface area contributed by atoms with Gasteiger partial charge in [-0.2, -0.15) is 5.26 Å². The van der Waals surface area contributed by atoms with Crippen molar-refractivity contribution in [3.05, 3.63) is 65.5 Å². The number of amides is 1. The Bertz CT molecular complexity index is 722. The smallest absolute Gasteiger partial charge is 0.241 e. The van der Waals surface area contributed by atoms with E-state index in [1.807, 2.05) is 18.0 Å². The number of likely N-dealkylation sites (N-methyl/N-ethyl adjacent to an activating group) is 1. The van der Waals surface area contributed by atoms with E-state index in [0.717, 1.165) is 5.56 Å². The maximum Gasteiger partial charge on any atom is 0.241 e. The molecular formula is C18H18FN3O. The second-order valence-corrected chi connectivity index (χ2v) is 5.40. The van der Waals surface area contributed by atoms with E-state index in [0.29, 0.717) is 17.8 Å². The third-order valence-electron chi connectivity index (χ3n) is 3.65. The van der Waals surface area contributed by atoms with Gasteiger partial charge < -0.3 is 5.32 Å². The lowest BCUT2D eigenvalue weighted by molar-refractivity contribution is -0.120. The minimum atomic E-state index is -0.370. The molecule has 0 spiro atoms. The van der Waals surface area contributed by atoms with Crippen LogP contribution < -0.4 is 5.32 Å². The van der Waals surface area contributed by atoms with Gasteiger partial charge in [-0.15, -0.1) is 0 Å². The summed E-state index contributed by atoms with van der Waals surface area (Å²) in [6.45, 7) is 2.33. The van der Waals surface area contributed by atoms with E-state index in [-0.39, 0.29) is 17.8 Å². The van der Waals surface area contributed by atoms with Crippen LogP contribution in [-0.4, -0.2) is 23.9 Å². The minimum Gasteiger partial charge on any atom is -0.325 e. The second kappa shape index (κ2) is 7.52. The summed E-state index contributed by atoms with van der Waals surface area (Å²) in [4.78, 5) is 14.2. The average molecular weight is 311 g/mol. The Kier molecular flexibility index (Phi) is 5.45. The van der Waals surface area contributed by atoms with Gasteiger partial charge in [-0.05, 0) is 49.9 Å². The number of rotatable bonds is 5. The molecule has 2 aromatic rings. The summed E-state index contributed by atoms with van der Waals surface area (Å²) in [5.41, 5.74) is 2.02. The van der Waals surface area contributed by atoms with Crippen molar-refractivity contribution in [2.75, 3.05) is 12.4 Å². The number of carbonyl (C=O) groups excluding carboxylic acids is 1. The molecule has 0 heterocycles. The zero-order chi connectivity index (χ0) is 16.8. The largest absolute Gasteiger partial charge is 0.325 e. The van der Waals surface area contributed by atoms with Crippen molar-refractivity contribution in [1.82, 2.24) is 4.90 Å². The van der Waals surface area contributed by atoms with Crippen molar-refractivity contribution in [3.8, 4) is 6.07 Å². The maximum absolute atomic E-state index is 12.9. The zero-order valence-corrected chi connectivity index (χ0v) is 13.1. The molecule has 0 aliphatic heterocycles. The Labute approximate surface area is 135 Å². The number of hydrogen-bond donors (Lipinski definition) is 1. The minimum absolute atomic E-state index is 0.162. The van der Waals surface area contributed by atoms with Gasteiger partial charge in [-0.25, -0.2) is 4.39 Å². The van der Waals surface area contributed by atoms with Gasteiger partial charge in [0.2, 0.25) is 5.91 Å². The van der Waals surface area contributed by atoms with Crippen LogP contribution in [0, 0.1) is 17.1 Å². The summed E-state index contributed by atoms with van der Waals surface area (Å²) in [6.07, 6.45) is 0. The lowest BCUT2D eigenvalue weighted by Crippen LogP contribution is -2.39. The number of halogens is 1. The Hall–Kier alpha value is -2.71. The van der Waals surface area contributed by atoms with Gasteiger partial charge in [0.25, 0.3) is 0 Å². The van der Waals surface area contributed by atoms with E-state index in [9.17, 15) is 9.18 Å². The first-order chi connectivity index (χ1) is 11.0. The molecule has 0 aromatic heterocycles. The van der Waals surface area contributed by atoms with Crippen LogP contribution >= 0.6 is 0 Å². The summed E-state index contributed by atoms with van der Waals surface area (Å²) in [7, 11) is 1.83. The molecule has 0 radical (unpaired) electrons. The monoisotopic (exact) mass is 311 g/mol. The Morgan fingerprint density at radius 2 is 2.00 bits per heavy atom. The van der Waals surface area contributed by atoms with Crippen molar-refractivity contribution in [2.45, 2.75) is 19.5 Å². The first-order valence-corrected chi connectivity index (χ1v) is 7.25. The highest BCUT2D eigenvalue weighted by Crippen LogP contribution is 2.12. The molecule has 0 unspecified atom stereocenters. The molecule has 1 atom stereocenters. The van der Waals surface area contributed by atoms with Crippen LogP contribution in [0.1, 0.15) is 18.1 Å². The molecule has 0 saturated carbocycles. The van der Waals surface area contributed by atoms with Crippen molar-refractivity contribution >= 4 is 11.6 Å². The van der Waals surface area contributed by atoms with Gasteiger partial charge in [-0.3, -0.25) is 9.69 Å². The molecule has 4 nitrogen and oxygen atoms in total. The molecule has 0 aliphatic carbocycles. The molecule has 1 N–H and O–H groups in total. The second-order valence-electron chi connectivity index (χ2n) is 5.40. The van der Waals surface area contributed by atoms with E-state index in [1.54, 1.807) is 43.3 Å². The third kappa shape index (κ3) is 4.63. The van der Waals surface area contributed by atoms with Crippen molar-refractivity contribution < 1.29 is 9.18 Å². The lowest BCUT2D eigenvalue weighted by atomic mass is 10.1. The van der Waals surface area contributed by atoms with Crippen molar-refractivity contribution in [1.29, 1.82) is 5.26 Å². The molecule has 0 saturated heterocycles. The molecule has 23 heavy (non-hydrogen) atoms. The number of nitrogens with one attached hydrogen (secondary N) is 1. The van der Waals surface area contributed by atoms with Crippen molar-refractivity contribution in [2.24, 2.45) is 0 Å². The summed E-state index contributed by atoms with van der Waals surface area (Å²) >= 11 is 0. The molecule has 0 aliphatic rings. The molecule has 2 rings (SSSR count). The highest BCUT2D eigenvalue weighted by atomic mass is 19.1. The molecule has 2 aromatic carbocycles. The SMILES string of the molecule is C[C@@H](C(=O)Nc1cccc(C#N)c1)N(C)Cc1ccc(F)cc1. The molecule has 1 amide bonds. The molecule has 0 fully saturated rings. The van der Waals surface area contributed by atoms with Gasteiger partial charge in [0.05, 0.1) is 17.7 Å². The van der Waals surface area contributed by atoms with Crippen LogP contribution in [0.4, 0.5) is 10.1 Å². The molecule has 118 valence electrons. The van der Waals surface area contributed by atoms with Gasteiger partial charge in [0.15, 0.2) is 0 Å². The van der Waals surface area contributed by atoms with Crippen LogP contribution in [0.5, 0.6) is 0 Å². The summed E-state index contributed by atoms with van der Waals surface area (Å²) < 4.78 is 12.9. The fraction of sp³-hybridized carbons (Fsp3) is 0.222. The lowest BCUT2D eigenvalue weighted by Gasteiger charge is -2.24. The maximum atomic E-state index is 12.9. The molecule has 0 bridgehead atoms.